The lowest BCUT2D eigenvalue weighted by atomic mass is 10.7. The van der Waals surface area contributed by atoms with Crippen molar-refractivity contribution in [2.45, 2.75) is 6.18 Å². The number of alkyl halides is 3. The van der Waals surface area contributed by atoms with Gasteiger partial charge in [-0.25, -0.2) is 4.79 Å². The summed E-state index contributed by atoms with van der Waals surface area (Å²) in [4.78, 5) is 10.1. The maximum atomic E-state index is 11.3. The van der Waals surface area contributed by atoms with Crippen LogP contribution in [-0.2, 0) is 4.74 Å². The lowest BCUT2D eigenvalue weighted by molar-refractivity contribution is -0.158. The van der Waals surface area contributed by atoms with Gasteiger partial charge in [0.1, 0.15) is 0 Å². The van der Waals surface area contributed by atoms with Gasteiger partial charge in [-0.1, -0.05) is 0 Å². The zero-order chi connectivity index (χ0) is 8.20. The fraction of sp³-hybridized carbons (Fsp3) is 0.750. The summed E-state index contributed by atoms with van der Waals surface area (Å²) in [6, 6.07) is 0. The van der Waals surface area contributed by atoms with E-state index in [0.29, 0.717) is 11.8 Å². The van der Waals surface area contributed by atoms with E-state index >= 15 is 0 Å². The van der Waals surface area contributed by atoms with Crippen molar-refractivity contribution in [3.63, 3.8) is 0 Å². The van der Waals surface area contributed by atoms with Gasteiger partial charge in [0.15, 0.2) is 6.61 Å². The van der Waals surface area contributed by atoms with Gasteiger partial charge in [0.05, 0.1) is 0 Å². The zero-order valence-corrected chi connectivity index (χ0v) is 5.88. The highest BCUT2D eigenvalue weighted by Crippen LogP contribution is 2.15. The predicted octanol–water partition coefficient (Wildman–Crippen LogP) is 2.05. The number of hydrogen-bond acceptors (Lipinski definition) is 3. The minimum atomic E-state index is -4.43. The molecule has 0 unspecified atom stereocenters. The first-order valence-corrected chi connectivity index (χ1v) is 3.45. The molecule has 0 rings (SSSR count). The molecule has 10 heavy (non-hydrogen) atoms. The van der Waals surface area contributed by atoms with E-state index in [1.165, 1.54) is 6.26 Å². The average molecular weight is 174 g/mol. The van der Waals surface area contributed by atoms with Crippen LogP contribution in [0.3, 0.4) is 0 Å². The normalized spacial score (nSPS) is 11.2. The van der Waals surface area contributed by atoms with Gasteiger partial charge in [-0.15, -0.1) is 0 Å². The Bertz CT molecular complexity index is 122. The van der Waals surface area contributed by atoms with E-state index < -0.39 is 18.1 Å². The summed E-state index contributed by atoms with van der Waals surface area (Å²) in [6.07, 6.45) is -3.08. The highest BCUT2D eigenvalue weighted by molar-refractivity contribution is 8.12. The molecule has 0 aliphatic carbocycles. The molecule has 0 aromatic carbocycles. The summed E-state index contributed by atoms with van der Waals surface area (Å²) in [6.45, 7) is -1.51. The summed E-state index contributed by atoms with van der Waals surface area (Å²) in [5.41, 5.74) is 0. The molecule has 0 aliphatic rings. The summed E-state index contributed by atoms with van der Waals surface area (Å²) in [7, 11) is 0. The third kappa shape index (κ3) is 5.74. The van der Waals surface area contributed by atoms with E-state index in [2.05, 4.69) is 4.74 Å². The molecular formula is C4H5F3O2S. The van der Waals surface area contributed by atoms with Crippen LogP contribution in [-0.4, -0.2) is 24.3 Å². The van der Waals surface area contributed by atoms with Crippen LogP contribution in [0, 0.1) is 0 Å². The van der Waals surface area contributed by atoms with E-state index in [9.17, 15) is 18.0 Å². The lowest BCUT2D eigenvalue weighted by Gasteiger charge is -2.05. The van der Waals surface area contributed by atoms with Gasteiger partial charge in [0, 0.05) is 0 Å². The van der Waals surface area contributed by atoms with Crippen molar-refractivity contribution in [2.75, 3.05) is 12.9 Å². The van der Waals surface area contributed by atoms with Crippen molar-refractivity contribution in [2.24, 2.45) is 0 Å². The van der Waals surface area contributed by atoms with Crippen LogP contribution in [0.1, 0.15) is 0 Å². The SMILES string of the molecule is CSC(=O)OCC(F)(F)F. The van der Waals surface area contributed by atoms with Crippen LogP contribution < -0.4 is 0 Å². The van der Waals surface area contributed by atoms with Crippen molar-refractivity contribution in [1.82, 2.24) is 0 Å². The average Bonchev–Trinajstić information content (AvgIpc) is 1.81. The largest absolute Gasteiger partial charge is 0.448 e. The van der Waals surface area contributed by atoms with Crippen molar-refractivity contribution in [3.05, 3.63) is 0 Å². The Morgan fingerprint density at radius 1 is 1.60 bits per heavy atom. The maximum absolute atomic E-state index is 11.3. The van der Waals surface area contributed by atoms with Gasteiger partial charge in [0.25, 0.3) is 0 Å². The standard InChI is InChI=1S/C4H5F3O2S/c1-10-3(8)9-2-4(5,6)7/h2H2,1H3. The van der Waals surface area contributed by atoms with Crippen molar-refractivity contribution in [1.29, 1.82) is 0 Å². The van der Waals surface area contributed by atoms with Gasteiger partial charge in [0.2, 0.25) is 0 Å². The lowest BCUT2D eigenvalue weighted by Crippen LogP contribution is -2.18. The zero-order valence-electron chi connectivity index (χ0n) is 5.07. The monoisotopic (exact) mass is 174 g/mol. The molecule has 0 aromatic rings. The Balaban J connectivity index is 3.46. The summed E-state index contributed by atoms with van der Waals surface area (Å²) < 4.78 is 37.6. The van der Waals surface area contributed by atoms with E-state index in [-0.39, 0.29) is 0 Å². The Morgan fingerprint density at radius 2 is 2.10 bits per heavy atom. The third-order valence-electron chi connectivity index (χ3n) is 0.520. The van der Waals surface area contributed by atoms with Crippen LogP contribution in [0.5, 0.6) is 0 Å². The summed E-state index contributed by atoms with van der Waals surface area (Å²) >= 11 is 0.604. The van der Waals surface area contributed by atoms with E-state index in [1.54, 1.807) is 0 Å². The molecule has 2 nitrogen and oxygen atoms in total. The molecule has 6 heteroatoms. The molecule has 0 bridgehead atoms. The highest BCUT2D eigenvalue weighted by Gasteiger charge is 2.29. The molecule has 60 valence electrons. The molecule has 0 saturated carbocycles. The minimum absolute atomic E-state index is 0.604. The number of thioether (sulfide) groups is 1. The maximum Gasteiger partial charge on any atom is 0.422 e. The molecule has 0 radical (unpaired) electrons. The fourth-order valence-corrected chi connectivity index (χ4v) is 0.376. The number of carbonyl (C=O) groups excluding carboxylic acids is 1. The second-order valence-electron chi connectivity index (χ2n) is 1.36. The van der Waals surface area contributed by atoms with Gasteiger partial charge in [-0.3, -0.25) is 0 Å². The molecule has 0 spiro atoms. The quantitative estimate of drug-likeness (QED) is 0.569. The first-order chi connectivity index (χ1) is 4.45. The van der Waals surface area contributed by atoms with E-state index in [0.717, 1.165) is 0 Å². The number of rotatable bonds is 1. The van der Waals surface area contributed by atoms with Crippen LogP contribution in [0.2, 0.25) is 0 Å². The number of hydrogen-bond donors (Lipinski definition) is 0. The van der Waals surface area contributed by atoms with Gasteiger partial charge in [-0.05, 0) is 18.0 Å². The molecule has 0 N–H and O–H groups in total. The van der Waals surface area contributed by atoms with Gasteiger partial charge >= 0.3 is 11.5 Å². The van der Waals surface area contributed by atoms with Gasteiger partial charge in [-0.2, -0.15) is 13.2 Å². The second-order valence-corrected chi connectivity index (χ2v) is 2.10. The van der Waals surface area contributed by atoms with Crippen molar-refractivity contribution >= 4 is 17.1 Å². The van der Waals surface area contributed by atoms with Crippen LogP contribution in [0.25, 0.3) is 0 Å². The Morgan fingerprint density at radius 3 is 2.40 bits per heavy atom. The molecule has 0 heterocycles. The summed E-state index contributed by atoms with van der Waals surface area (Å²) in [5.74, 6) is 0. The minimum Gasteiger partial charge on any atom is -0.448 e. The fourth-order valence-electron chi connectivity index (χ4n) is 0.200. The highest BCUT2D eigenvalue weighted by atomic mass is 32.2. The van der Waals surface area contributed by atoms with Crippen molar-refractivity contribution < 1.29 is 22.7 Å². The number of halogens is 3. The first kappa shape index (κ1) is 9.61. The Hall–Kier alpha value is -0.390. The Kier molecular flexibility index (Phi) is 3.55. The van der Waals surface area contributed by atoms with Crippen LogP contribution in [0.15, 0.2) is 0 Å². The first-order valence-electron chi connectivity index (χ1n) is 2.23. The van der Waals surface area contributed by atoms with Gasteiger partial charge < -0.3 is 4.74 Å². The third-order valence-corrected chi connectivity index (χ3v) is 0.972. The smallest absolute Gasteiger partial charge is 0.422 e. The van der Waals surface area contributed by atoms with E-state index in [4.69, 9.17) is 0 Å². The topological polar surface area (TPSA) is 26.3 Å². The van der Waals surface area contributed by atoms with Crippen molar-refractivity contribution in [3.8, 4) is 0 Å². The molecule has 0 aromatic heterocycles. The molecule has 0 saturated heterocycles. The van der Waals surface area contributed by atoms with Crippen LogP contribution >= 0.6 is 11.8 Å². The number of carbonyl (C=O) groups is 1. The summed E-state index contributed by atoms with van der Waals surface area (Å²) in [5, 5.41) is -0.919. The number of ether oxygens (including phenoxy) is 1. The molecule has 0 aliphatic heterocycles. The predicted molar refractivity (Wildman–Crippen MR) is 30.9 cm³/mol. The van der Waals surface area contributed by atoms with E-state index in [1.807, 2.05) is 0 Å². The molecule has 0 atom stereocenters. The second kappa shape index (κ2) is 3.70. The molecule has 0 fully saturated rings. The molecular weight excluding hydrogens is 169 g/mol. The Labute approximate surface area is 59.7 Å². The molecule has 0 amide bonds. The van der Waals surface area contributed by atoms with Crippen LogP contribution in [0.4, 0.5) is 18.0 Å².